The van der Waals surface area contributed by atoms with Crippen molar-refractivity contribution in [2.75, 3.05) is 48.0 Å². The predicted octanol–water partition coefficient (Wildman–Crippen LogP) is 4.31. The summed E-state index contributed by atoms with van der Waals surface area (Å²) < 4.78 is 35.3. The van der Waals surface area contributed by atoms with Gasteiger partial charge in [-0.1, -0.05) is 0 Å². The lowest BCUT2D eigenvalue weighted by Crippen LogP contribution is -2.37. The van der Waals surface area contributed by atoms with Crippen LogP contribution in [0.1, 0.15) is 18.4 Å². The van der Waals surface area contributed by atoms with Crippen molar-refractivity contribution in [2.45, 2.75) is 25.8 Å². The van der Waals surface area contributed by atoms with Crippen LogP contribution in [0.3, 0.4) is 0 Å². The number of benzene rings is 1. The number of hydrogen-bond acceptors (Lipinski definition) is 9. The summed E-state index contributed by atoms with van der Waals surface area (Å²) in [5.74, 6) is -1.44. The Labute approximate surface area is 228 Å². The van der Waals surface area contributed by atoms with Crippen molar-refractivity contribution >= 4 is 39.9 Å². The number of nitrogens with zero attached hydrogens (tertiary/aromatic N) is 6. The number of ether oxygens (including phenoxy) is 1. The van der Waals surface area contributed by atoms with Gasteiger partial charge in [-0.15, -0.1) is 0 Å². The summed E-state index contributed by atoms with van der Waals surface area (Å²) >= 11 is 0. The highest BCUT2D eigenvalue weighted by atomic mass is 19.1. The topological polar surface area (TPSA) is 117 Å². The minimum atomic E-state index is -0.964. The van der Waals surface area contributed by atoms with Gasteiger partial charge in [0.1, 0.15) is 35.6 Å². The molecule has 2 aliphatic heterocycles. The van der Waals surface area contributed by atoms with Crippen LogP contribution >= 0.6 is 0 Å². The molecule has 2 fully saturated rings. The molecule has 0 aliphatic carbocycles. The maximum absolute atomic E-state index is 15.4. The van der Waals surface area contributed by atoms with E-state index in [1.807, 2.05) is 0 Å². The Morgan fingerprint density at radius 2 is 1.90 bits per heavy atom. The Bertz CT molecular complexity index is 1580. The Hall–Kier alpha value is -4.45. The molecule has 10 nitrogen and oxygen atoms in total. The minimum Gasteiger partial charge on any atom is -0.480 e. The van der Waals surface area contributed by atoms with Gasteiger partial charge in [-0.05, 0) is 25.8 Å². The van der Waals surface area contributed by atoms with Crippen molar-refractivity contribution in [1.82, 2.24) is 19.9 Å². The lowest BCUT2D eigenvalue weighted by atomic mass is 10.0. The molecule has 40 heavy (non-hydrogen) atoms. The first kappa shape index (κ1) is 25.8. The Morgan fingerprint density at radius 1 is 1.12 bits per heavy atom. The number of carboxylic acid groups (broad SMARTS) is 1. The summed E-state index contributed by atoms with van der Waals surface area (Å²) in [5, 5.41) is 13.3. The van der Waals surface area contributed by atoms with Gasteiger partial charge >= 0.3 is 5.97 Å². The quantitative estimate of drug-likeness (QED) is 0.362. The van der Waals surface area contributed by atoms with E-state index in [9.17, 15) is 14.3 Å². The fourth-order valence-corrected chi connectivity index (χ4v) is 5.52. The summed E-state index contributed by atoms with van der Waals surface area (Å²) in [4.78, 5) is 33.4. The molecule has 1 atom stereocenters. The van der Waals surface area contributed by atoms with E-state index in [1.165, 1.54) is 6.33 Å². The van der Waals surface area contributed by atoms with Crippen molar-refractivity contribution in [1.29, 1.82) is 0 Å². The van der Waals surface area contributed by atoms with Crippen LogP contribution in [0.15, 0.2) is 43.1 Å². The second-order valence-electron chi connectivity index (χ2n) is 9.82. The number of aliphatic carboxylic acids is 1. The molecule has 0 amide bonds. The van der Waals surface area contributed by atoms with Crippen LogP contribution in [0.4, 0.5) is 31.8 Å². The lowest BCUT2D eigenvalue weighted by Gasteiger charge is -2.31. The molecule has 2 N–H and O–H groups in total. The number of anilines is 4. The van der Waals surface area contributed by atoms with Gasteiger partial charge in [0.05, 0.1) is 41.1 Å². The number of pyridine rings is 2. The fourth-order valence-electron chi connectivity index (χ4n) is 5.52. The monoisotopic (exact) mass is 547 g/mol. The largest absolute Gasteiger partial charge is 0.480 e. The van der Waals surface area contributed by atoms with Crippen LogP contribution in [0.25, 0.3) is 22.0 Å². The predicted molar refractivity (Wildman–Crippen MR) is 146 cm³/mol. The van der Waals surface area contributed by atoms with Gasteiger partial charge in [0, 0.05) is 61.5 Å². The van der Waals surface area contributed by atoms with Gasteiger partial charge in [-0.2, -0.15) is 0 Å². The second kappa shape index (κ2) is 10.6. The van der Waals surface area contributed by atoms with Crippen molar-refractivity contribution in [3.8, 4) is 11.1 Å². The first-order valence-electron chi connectivity index (χ1n) is 13.0. The van der Waals surface area contributed by atoms with E-state index in [1.54, 1.807) is 36.5 Å². The van der Waals surface area contributed by atoms with Crippen LogP contribution in [0.2, 0.25) is 0 Å². The molecule has 4 aromatic rings. The molecular weight excluding hydrogens is 520 g/mol. The summed E-state index contributed by atoms with van der Waals surface area (Å²) in [6.45, 7) is 4.61. The van der Waals surface area contributed by atoms with E-state index < -0.39 is 23.6 Å². The van der Waals surface area contributed by atoms with Gasteiger partial charge in [-0.3, -0.25) is 0 Å². The van der Waals surface area contributed by atoms with Crippen molar-refractivity contribution in [2.24, 2.45) is 0 Å². The average molecular weight is 548 g/mol. The van der Waals surface area contributed by atoms with Crippen LogP contribution in [-0.4, -0.2) is 69.9 Å². The number of hydrogen-bond donors (Lipinski definition) is 2. The molecule has 12 heteroatoms. The Morgan fingerprint density at radius 3 is 2.65 bits per heavy atom. The number of fused-ring (bicyclic) bond motifs is 1. The average Bonchev–Trinajstić information content (AvgIpc) is 3.45. The number of nitrogens with one attached hydrogen (secondary N) is 1. The van der Waals surface area contributed by atoms with E-state index >= 15 is 4.39 Å². The second-order valence-corrected chi connectivity index (χ2v) is 9.82. The van der Waals surface area contributed by atoms with Gasteiger partial charge < -0.3 is 25.0 Å². The van der Waals surface area contributed by atoms with Crippen LogP contribution in [-0.2, 0) is 9.53 Å². The maximum Gasteiger partial charge on any atom is 0.326 e. The zero-order valence-corrected chi connectivity index (χ0v) is 21.8. The number of halogens is 2. The number of rotatable bonds is 6. The highest BCUT2D eigenvalue weighted by Crippen LogP contribution is 2.42. The molecule has 0 spiro atoms. The van der Waals surface area contributed by atoms with E-state index in [-0.39, 0.29) is 10.9 Å². The zero-order chi connectivity index (χ0) is 27.8. The Kier molecular flexibility index (Phi) is 6.84. The first-order valence-corrected chi connectivity index (χ1v) is 13.0. The summed E-state index contributed by atoms with van der Waals surface area (Å²) in [6, 6.07) is 2.98. The summed E-state index contributed by atoms with van der Waals surface area (Å²) in [7, 11) is 0. The molecule has 3 aromatic heterocycles. The summed E-state index contributed by atoms with van der Waals surface area (Å²) in [5.41, 5.74) is 3.02. The number of aromatic nitrogens is 4. The van der Waals surface area contributed by atoms with Crippen LogP contribution < -0.4 is 15.1 Å². The first-order chi connectivity index (χ1) is 19.4. The zero-order valence-electron chi connectivity index (χ0n) is 21.8. The highest BCUT2D eigenvalue weighted by molar-refractivity contribution is 6.00. The molecule has 0 bridgehead atoms. The van der Waals surface area contributed by atoms with Gasteiger partial charge in [-0.25, -0.2) is 33.5 Å². The normalized spacial score (nSPS) is 17.4. The van der Waals surface area contributed by atoms with E-state index in [2.05, 4.69) is 30.2 Å². The number of carbonyl (C=O) groups is 1. The molecule has 0 unspecified atom stereocenters. The summed E-state index contributed by atoms with van der Waals surface area (Å²) in [6.07, 6.45) is 7.59. The van der Waals surface area contributed by atoms with E-state index in [0.29, 0.717) is 85.4 Å². The lowest BCUT2D eigenvalue weighted by molar-refractivity contribution is -0.138. The smallest absolute Gasteiger partial charge is 0.326 e. The number of morpholine rings is 1. The van der Waals surface area contributed by atoms with E-state index in [0.717, 1.165) is 12.1 Å². The Balaban J connectivity index is 1.56. The third-order valence-corrected chi connectivity index (χ3v) is 7.38. The van der Waals surface area contributed by atoms with Crippen molar-refractivity contribution < 1.29 is 23.4 Å². The molecule has 1 aromatic carbocycles. The van der Waals surface area contributed by atoms with Gasteiger partial charge in [0.25, 0.3) is 0 Å². The SMILES string of the molecule is Cc1c(N2CCC[C@@H]2C(=O)O)nc2cc(F)cc(F)c2c1Nc1ccnc(N2CCOCC2)c1-c1cncnc1. The van der Waals surface area contributed by atoms with Crippen LogP contribution in [0, 0.1) is 18.6 Å². The number of carboxylic acids is 1. The van der Waals surface area contributed by atoms with Gasteiger partial charge in [0.2, 0.25) is 0 Å². The van der Waals surface area contributed by atoms with E-state index in [4.69, 9.17) is 4.74 Å². The minimum absolute atomic E-state index is 0.0868. The van der Waals surface area contributed by atoms with Crippen molar-refractivity contribution in [3.05, 3.63) is 60.3 Å². The van der Waals surface area contributed by atoms with Crippen LogP contribution in [0.5, 0.6) is 0 Å². The maximum atomic E-state index is 15.4. The fraction of sp³-hybridized carbons (Fsp3) is 0.321. The third kappa shape index (κ3) is 4.64. The van der Waals surface area contributed by atoms with Gasteiger partial charge in [0.15, 0.2) is 0 Å². The molecule has 6 rings (SSSR count). The molecule has 0 saturated carbocycles. The molecule has 2 saturated heterocycles. The standard InChI is InChI=1S/C28H27F2N7O3/c1-16-25(24-19(30)11-18(29)12-21(24)35-26(16)37-6-2-3-22(37)28(38)39)34-20-4-5-33-27(36-7-9-40-10-8-36)23(20)17-13-31-15-32-14-17/h4-5,11-15,22H,2-3,6-10H2,1H3,(H,38,39)(H,33,34,35)/t22-/m1/s1. The molecule has 2 aliphatic rings. The molecule has 0 radical (unpaired) electrons. The third-order valence-electron chi connectivity index (χ3n) is 7.38. The highest BCUT2D eigenvalue weighted by Gasteiger charge is 2.34. The molecule has 5 heterocycles. The molecular formula is C28H27F2N7O3. The molecule has 206 valence electrons. The van der Waals surface area contributed by atoms with Crippen molar-refractivity contribution in [3.63, 3.8) is 0 Å².